The minimum absolute atomic E-state index is 0.0481. The summed E-state index contributed by atoms with van der Waals surface area (Å²) in [7, 11) is 0. The predicted molar refractivity (Wildman–Crippen MR) is 48.7 cm³/mol. The molecule has 2 heterocycles. The van der Waals surface area contributed by atoms with E-state index in [4.69, 9.17) is 14.2 Å². The fourth-order valence-electron chi connectivity index (χ4n) is 1.76. The Kier molecular flexibility index (Phi) is 3.37. The average molecular weight is 200 g/mol. The monoisotopic (exact) mass is 200 g/mol. The molecule has 2 atom stereocenters. The van der Waals surface area contributed by atoms with Gasteiger partial charge in [0.05, 0.1) is 6.61 Å². The zero-order valence-corrected chi connectivity index (χ0v) is 8.24. The number of carbonyl (C=O) groups excluding carboxylic acids is 1. The summed E-state index contributed by atoms with van der Waals surface area (Å²) in [6.45, 7) is 1.27. The van der Waals surface area contributed by atoms with Crippen molar-refractivity contribution in [2.75, 3.05) is 13.2 Å². The van der Waals surface area contributed by atoms with Crippen LogP contribution in [0, 0.1) is 0 Å². The second kappa shape index (κ2) is 4.75. The number of carbonyl (C=O) groups is 1. The molecule has 4 nitrogen and oxygen atoms in total. The summed E-state index contributed by atoms with van der Waals surface area (Å²) in [4.78, 5) is 10.8. The number of rotatable bonds is 3. The van der Waals surface area contributed by atoms with Crippen LogP contribution in [0.3, 0.4) is 0 Å². The van der Waals surface area contributed by atoms with Crippen molar-refractivity contribution in [3.8, 4) is 0 Å². The van der Waals surface area contributed by atoms with Crippen molar-refractivity contribution >= 4 is 5.97 Å². The second-order valence-corrected chi connectivity index (χ2v) is 3.78. The van der Waals surface area contributed by atoms with Crippen LogP contribution < -0.4 is 0 Å². The summed E-state index contributed by atoms with van der Waals surface area (Å²) in [6, 6.07) is 0. The van der Waals surface area contributed by atoms with E-state index >= 15 is 0 Å². The molecule has 4 heteroatoms. The van der Waals surface area contributed by atoms with Crippen molar-refractivity contribution in [1.82, 2.24) is 0 Å². The summed E-state index contributed by atoms with van der Waals surface area (Å²) in [6.07, 6.45) is 4.43. The largest absolute Gasteiger partial charge is 0.460 e. The molecule has 80 valence electrons. The second-order valence-electron chi connectivity index (χ2n) is 3.78. The number of cyclic esters (lactones) is 1. The van der Waals surface area contributed by atoms with Crippen LogP contribution in [-0.2, 0) is 19.0 Å². The van der Waals surface area contributed by atoms with Crippen LogP contribution in [0.2, 0.25) is 0 Å². The van der Waals surface area contributed by atoms with Gasteiger partial charge in [-0.2, -0.15) is 0 Å². The lowest BCUT2D eigenvalue weighted by Crippen LogP contribution is -2.26. The van der Waals surface area contributed by atoms with Gasteiger partial charge in [0.15, 0.2) is 6.29 Å². The quantitative estimate of drug-likeness (QED) is 0.643. The molecule has 14 heavy (non-hydrogen) atoms. The van der Waals surface area contributed by atoms with Gasteiger partial charge in [-0.3, -0.25) is 4.79 Å². The molecule has 2 fully saturated rings. The third-order valence-electron chi connectivity index (χ3n) is 2.57. The zero-order valence-electron chi connectivity index (χ0n) is 8.24. The van der Waals surface area contributed by atoms with Crippen LogP contribution >= 0.6 is 0 Å². The smallest absolute Gasteiger partial charge is 0.306 e. The third kappa shape index (κ3) is 2.69. The summed E-state index contributed by atoms with van der Waals surface area (Å²) in [5.41, 5.74) is 0. The molecule has 0 aromatic rings. The molecule has 0 aromatic carbocycles. The highest BCUT2D eigenvalue weighted by atomic mass is 16.7. The van der Waals surface area contributed by atoms with Crippen LogP contribution in [0.25, 0.3) is 0 Å². The van der Waals surface area contributed by atoms with E-state index in [0.717, 1.165) is 32.3 Å². The molecule has 0 aromatic heterocycles. The maximum absolute atomic E-state index is 10.8. The van der Waals surface area contributed by atoms with E-state index < -0.39 is 0 Å². The molecular weight excluding hydrogens is 184 g/mol. The van der Waals surface area contributed by atoms with Crippen LogP contribution in [0.5, 0.6) is 0 Å². The van der Waals surface area contributed by atoms with E-state index in [0.29, 0.717) is 13.0 Å². The summed E-state index contributed by atoms with van der Waals surface area (Å²) >= 11 is 0. The maximum Gasteiger partial charge on any atom is 0.306 e. The lowest BCUT2D eigenvalue weighted by atomic mass is 10.2. The molecular formula is C10H16O4. The first-order chi connectivity index (χ1) is 6.84. The Labute approximate surface area is 83.5 Å². The SMILES string of the molecule is O=C1CC[C@H](COC2CCCCO2)O1. The molecule has 0 N–H and O–H groups in total. The lowest BCUT2D eigenvalue weighted by Gasteiger charge is -2.23. The fraction of sp³-hybridized carbons (Fsp3) is 0.900. The first-order valence-electron chi connectivity index (χ1n) is 5.27. The van der Waals surface area contributed by atoms with E-state index in [1.165, 1.54) is 0 Å². The highest BCUT2D eigenvalue weighted by Crippen LogP contribution is 2.18. The number of ether oxygens (including phenoxy) is 3. The van der Waals surface area contributed by atoms with E-state index in [1.807, 2.05) is 0 Å². The van der Waals surface area contributed by atoms with Crippen molar-refractivity contribution in [2.24, 2.45) is 0 Å². The van der Waals surface area contributed by atoms with Gasteiger partial charge in [0.2, 0.25) is 0 Å². The number of hydrogen-bond acceptors (Lipinski definition) is 4. The Hall–Kier alpha value is -0.610. The van der Waals surface area contributed by atoms with Crippen molar-refractivity contribution in [3.05, 3.63) is 0 Å². The molecule has 1 unspecified atom stereocenters. The minimum atomic E-state index is -0.108. The molecule has 2 rings (SSSR count). The van der Waals surface area contributed by atoms with E-state index in [9.17, 15) is 4.79 Å². The van der Waals surface area contributed by atoms with Gasteiger partial charge in [-0.25, -0.2) is 0 Å². The molecule has 0 bridgehead atoms. The molecule has 0 spiro atoms. The first kappa shape index (κ1) is 9.93. The van der Waals surface area contributed by atoms with Gasteiger partial charge >= 0.3 is 5.97 Å². The Morgan fingerprint density at radius 3 is 2.93 bits per heavy atom. The predicted octanol–water partition coefficient (Wildman–Crippen LogP) is 1.24. The van der Waals surface area contributed by atoms with E-state index in [-0.39, 0.29) is 18.4 Å². The molecule has 0 aliphatic carbocycles. The zero-order chi connectivity index (χ0) is 9.80. The molecule has 0 saturated carbocycles. The minimum Gasteiger partial charge on any atom is -0.460 e. The van der Waals surface area contributed by atoms with Crippen molar-refractivity contribution < 1.29 is 19.0 Å². The number of esters is 1. The van der Waals surface area contributed by atoms with Crippen LogP contribution in [0.1, 0.15) is 32.1 Å². The van der Waals surface area contributed by atoms with Gasteiger partial charge in [0, 0.05) is 13.0 Å². The molecule has 2 aliphatic heterocycles. The van der Waals surface area contributed by atoms with E-state index in [2.05, 4.69) is 0 Å². The molecule has 2 aliphatic rings. The first-order valence-corrected chi connectivity index (χ1v) is 5.27. The van der Waals surface area contributed by atoms with Crippen molar-refractivity contribution in [1.29, 1.82) is 0 Å². The number of hydrogen-bond donors (Lipinski definition) is 0. The Morgan fingerprint density at radius 2 is 2.29 bits per heavy atom. The molecule has 0 radical (unpaired) electrons. The van der Waals surface area contributed by atoms with Crippen molar-refractivity contribution in [2.45, 2.75) is 44.5 Å². The molecule has 0 amide bonds. The summed E-state index contributed by atoms with van der Waals surface area (Å²) < 4.78 is 16.0. The summed E-state index contributed by atoms with van der Waals surface area (Å²) in [5, 5.41) is 0. The third-order valence-corrected chi connectivity index (χ3v) is 2.57. The Bertz CT molecular complexity index is 198. The van der Waals surface area contributed by atoms with Gasteiger partial charge in [0.25, 0.3) is 0 Å². The lowest BCUT2D eigenvalue weighted by molar-refractivity contribution is -0.179. The van der Waals surface area contributed by atoms with Gasteiger partial charge in [0.1, 0.15) is 6.10 Å². The Morgan fingerprint density at radius 1 is 1.36 bits per heavy atom. The van der Waals surface area contributed by atoms with E-state index in [1.54, 1.807) is 0 Å². The fourth-order valence-corrected chi connectivity index (χ4v) is 1.76. The Balaban J connectivity index is 1.63. The van der Waals surface area contributed by atoms with Crippen molar-refractivity contribution in [3.63, 3.8) is 0 Å². The van der Waals surface area contributed by atoms with Crippen LogP contribution in [-0.4, -0.2) is 31.6 Å². The summed E-state index contributed by atoms with van der Waals surface area (Å²) in [5.74, 6) is -0.108. The van der Waals surface area contributed by atoms with Gasteiger partial charge < -0.3 is 14.2 Å². The van der Waals surface area contributed by atoms with Gasteiger partial charge in [-0.15, -0.1) is 0 Å². The van der Waals surface area contributed by atoms with Gasteiger partial charge in [-0.05, 0) is 25.7 Å². The van der Waals surface area contributed by atoms with Crippen LogP contribution in [0.4, 0.5) is 0 Å². The normalized spacial score (nSPS) is 33.0. The standard InChI is InChI=1S/C10H16O4/c11-9-5-4-8(14-9)7-13-10-3-1-2-6-12-10/h8,10H,1-7H2/t8-,10?/m1/s1. The average Bonchev–Trinajstić information content (AvgIpc) is 2.63. The topological polar surface area (TPSA) is 44.8 Å². The highest BCUT2D eigenvalue weighted by molar-refractivity contribution is 5.71. The molecule has 2 saturated heterocycles. The van der Waals surface area contributed by atoms with Gasteiger partial charge in [-0.1, -0.05) is 0 Å². The van der Waals surface area contributed by atoms with Crippen LogP contribution in [0.15, 0.2) is 0 Å². The maximum atomic E-state index is 10.8. The highest BCUT2D eigenvalue weighted by Gasteiger charge is 2.25.